The van der Waals surface area contributed by atoms with Crippen molar-refractivity contribution in [3.63, 3.8) is 0 Å². The van der Waals surface area contributed by atoms with Crippen LogP contribution in [0.25, 0.3) is 0 Å². The van der Waals surface area contributed by atoms with Crippen molar-refractivity contribution in [3.8, 4) is 0 Å². The van der Waals surface area contributed by atoms with Crippen LogP contribution in [0, 0.1) is 5.92 Å². The van der Waals surface area contributed by atoms with Crippen molar-refractivity contribution in [1.29, 1.82) is 0 Å². The molecule has 1 saturated heterocycles. The fraction of sp³-hybridized carbons (Fsp3) is 0.769. The number of carboxylic acid groups (broad SMARTS) is 1. The molecule has 1 aromatic heterocycles. The molecule has 7 nitrogen and oxygen atoms in total. The lowest BCUT2D eigenvalue weighted by Crippen LogP contribution is -2.42. The number of aromatic nitrogens is 2. The SMILES string of the molecule is CCN(Cc1noc(C(C)C)n1)C1COCC1C(=O)O. The predicted octanol–water partition coefficient (Wildman–Crippen LogP) is 1.11. The fourth-order valence-electron chi connectivity index (χ4n) is 2.35. The largest absolute Gasteiger partial charge is 0.481 e. The molecule has 2 heterocycles. The lowest BCUT2D eigenvalue weighted by atomic mass is 10.0. The van der Waals surface area contributed by atoms with Gasteiger partial charge in [0.15, 0.2) is 5.82 Å². The van der Waals surface area contributed by atoms with Crippen LogP contribution in [0.5, 0.6) is 0 Å². The molecule has 1 fully saturated rings. The lowest BCUT2D eigenvalue weighted by Gasteiger charge is -2.27. The highest BCUT2D eigenvalue weighted by Gasteiger charge is 2.37. The van der Waals surface area contributed by atoms with Crippen LogP contribution in [-0.4, -0.2) is 51.9 Å². The molecule has 0 saturated carbocycles. The van der Waals surface area contributed by atoms with Gasteiger partial charge < -0.3 is 14.4 Å². The van der Waals surface area contributed by atoms with E-state index in [0.29, 0.717) is 31.4 Å². The van der Waals surface area contributed by atoms with Gasteiger partial charge in [0, 0.05) is 12.0 Å². The van der Waals surface area contributed by atoms with Crippen molar-refractivity contribution in [2.24, 2.45) is 5.92 Å². The molecule has 2 rings (SSSR count). The van der Waals surface area contributed by atoms with E-state index in [0.717, 1.165) is 0 Å². The molecule has 0 amide bonds. The minimum absolute atomic E-state index is 0.140. The first-order valence-electron chi connectivity index (χ1n) is 6.90. The van der Waals surface area contributed by atoms with Crippen LogP contribution in [0.1, 0.15) is 38.4 Å². The van der Waals surface area contributed by atoms with Gasteiger partial charge in [-0.2, -0.15) is 4.98 Å². The molecule has 1 N–H and O–H groups in total. The van der Waals surface area contributed by atoms with E-state index in [4.69, 9.17) is 9.26 Å². The zero-order valence-electron chi connectivity index (χ0n) is 12.1. The number of likely N-dealkylation sites (N-methyl/N-ethyl adjacent to an activating group) is 1. The van der Waals surface area contributed by atoms with E-state index in [1.165, 1.54) is 0 Å². The lowest BCUT2D eigenvalue weighted by molar-refractivity contribution is -0.143. The Morgan fingerprint density at radius 1 is 1.50 bits per heavy atom. The molecule has 1 aliphatic rings. The maximum atomic E-state index is 11.2. The van der Waals surface area contributed by atoms with E-state index in [1.54, 1.807) is 0 Å². The van der Waals surface area contributed by atoms with Crippen LogP contribution < -0.4 is 0 Å². The number of carboxylic acids is 1. The van der Waals surface area contributed by atoms with Crippen LogP contribution in [0.2, 0.25) is 0 Å². The Labute approximate surface area is 117 Å². The maximum absolute atomic E-state index is 11.2. The summed E-state index contributed by atoms with van der Waals surface area (Å²) >= 11 is 0. The van der Waals surface area contributed by atoms with E-state index in [-0.39, 0.29) is 18.6 Å². The molecular weight excluding hydrogens is 262 g/mol. The topological polar surface area (TPSA) is 88.7 Å². The summed E-state index contributed by atoms with van der Waals surface area (Å²) < 4.78 is 10.5. The molecule has 1 aromatic rings. The van der Waals surface area contributed by atoms with Crippen LogP contribution in [0.4, 0.5) is 0 Å². The molecule has 20 heavy (non-hydrogen) atoms. The smallest absolute Gasteiger partial charge is 0.310 e. The first-order chi connectivity index (χ1) is 9.52. The van der Waals surface area contributed by atoms with Gasteiger partial charge >= 0.3 is 5.97 Å². The van der Waals surface area contributed by atoms with Crippen molar-refractivity contribution < 1.29 is 19.2 Å². The highest BCUT2D eigenvalue weighted by Crippen LogP contribution is 2.21. The van der Waals surface area contributed by atoms with Gasteiger partial charge in [0.05, 0.1) is 25.7 Å². The first-order valence-corrected chi connectivity index (χ1v) is 6.90. The van der Waals surface area contributed by atoms with Gasteiger partial charge in [-0.05, 0) is 6.54 Å². The quantitative estimate of drug-likeness (QED) is 0.836. The van der Waals surface area contributed by atoms with Crippen molar-refractivity contribution in [2.75, 3.05) is 19.8 Å². The monoisotopic (exact) mass is 283 g/mol. The number of rotatable bonds is 6. The Kier molecular flexibility index (Phi) is 4.72. The zero-order chi connectivity index (χ0) is 14.7. The molecule has 1 aliphatic heterocycles. The van der Waals surface area contributed by atoms with Crippen LogP contribution >= 0.6 is 0 Å². The van der Waals surface area contributed by atoms with Crippen molar-refractivity contribution >= 4 is 5.97 Å². The molecule has 2 unspecified atom stereocenters. The Morgan fingerprint density at radius 3 is 2.80 bits per heavy atom. The van der Waals surface area contributed by atoms with Gasteiger partial charge in [0.2, 0.25) is 5.89 Å². The third kappa shape index (κ3) is 3.16. The van der Waals surface area contributed by atoms with E-state index in [2.05, 4.69) is 10.1 Å². The fourth-order valence-corrected chi connectivity index (χ4v) is 2.35. The molecule has 0 aromatic carbocycles. The Hall–Kier alpha value is -1.47. The number of hydrogen-bond acceptors (Lipinski definition) is 6. The maximum Gasteiger partial charge on any atom is 0.310 e. The van der Waals surface area contributed by atoms with Crippen molar-refractivity contribution in [1.82, 2.24) is 15.0 Å². The molecule has 7 heteroatoms. The number of ether oxygens (including phenoxy) is 1. The summed E-state index contributed by atoms with van der Waals surface area (Å²) in [7, 11) is 0. The first kappa shape index (κ1) is 14.9. The minimum Gasteiger partial charge on any atom is -0.481 e. The second-order valence-electron chi connectivity index (χ2n) is 5.32. The van der Waals surface area contributed by atoms with E-state index in [9.17, 15) is 9.90 Å². The van der Waals surface area contributed by atoms with Crippen molar-refractivity contribution in [2.45, 2.75) is 39.3 Å². The number of hydrogen-bond donors (Lipinski definition) is 1. The van der Waals surface area contributed by atoms with Gasteiger partial charge in [-0.3, -0.25) is 9.69 Å². The Balaban J connectivity index is 2.06. The van der Waals surface area contributed by atoms with Gasteiger partial charge in [-0.25, -0.2) is 0 Å². The summed E-state index contributed by atoms with van der Waals surface area (Å²) in [5.74, 6) is 0.0707. The van der Waals surface area contributed by atoms with Crippen LogP contribution in [-0.2, 0) is 16.1 Å². The van der Waals surface area contributed by atoms with Crippen LogP contribution in [0.15, 0.2) is 4.52 Å². The summed E-state index contributed by atoms with van der Waals surface area (Å²) in [6, 6.07) is -0.140. The third-order valence-electron chi connectivity index (χ3n) is 3.57. The minimum atomic E-state index is -0.818. The summed E-state index contributed by atoms with van der Waals surface area (Å²) in [6.07, 6.45) is 0. The molecule has 0 radical (unpaired) electrons. The van der Waals surface area contributed by atoms with E-state index in [1.807, 2.05) is 25.7 Å². The molecule has 0 bridgehead atoms. The summed E-state index contributed by atoms with van der Waals surface area (Å²) in [5, 5.41) is 13.2. The normalized spacial score (nSPS) is 22.9. The Morgan fingerprint density at radius 2 is 2.25 bits per heavy atom. The van der Waals surface area contributed by atoms with Gasteiger partial charge in [-0.15, -0.1) is 0 Å². The van der Waals surface area contributed by atoms with Crippen LogP contribution in [0.3, 0.4) is 0 Å². The zero-order valence-corrected chi connectivity index (χ0v) is 12.1. The summed E-state index contributed by atoms with van der Waals surface area (Å²) in [4.78, 5) is 17.6. The number of nitrogens with zero attached hydrogens (tertiary/aromatic N) is 3. The molecular formula is C13H21N3O4. The standard InChI is InChI=1S/C13H21N3O4/c1-4-16(10-7-19-6-9(10)13(17)18)5-11-14-12(8(2)3)20-15-11/h8-10H,4-7H2,1-3H3,(H,17,18). The second kappa shape index (κ2) is 6.32. The molecule has 0 aliphatic carbocycles. The summed E-state index contributed by atoms with van der Waals surface area (Å²) in [6.45, 7) is 7.84. The van der Waals surface area contributed by atoms with Crippen molar-refractivity contribution in [3.05, 3.63) is 11.7 Å². The third-order valence-corrected chi connectivity index (χ3v) is 3.57. The second-order valence-corrected chi connectivity index (χ2v) is 5.32. The Bertz CT molecular complexity index is 460. The van der Waals surface area contributed by atoms with Gasteiger partial charge in [-0.1, -0.05) is 25.9 Å². The molecule has 2 atom stereocenters. The number of carbonyl (C=O) groups is 1. The highest BCUT2D eigenvalue weighted by atomic mass is 16.5. The molecule has 112 valence electrons. The number of aliphatic carboxylic acids is 1. The van der Waals surface area contributed by atoms with E-state index >= 15 is 0 Å². The average Bonchev–Trinajstić information content (AvgIpc) is 3.04. The average molecular weight is 283 g/mol. The predicted molar refractivity (Wildman–Crippen MR) is 70.2 cm³/mol. The van der Waals surface area contributed by atoms with Gasteiger partial charge in [0.25, 0.3) is 0 Å². The van der Waals surface area contributed by atoms with Gasteiger partial charge in [0.1, 0.15) is 0 Å². The van der Waals surface area contributed by atoms with E-state index < -0.39 is 11.9 Å². The highest BCUT2D eigenvalue weighted by molar-refractivity contribution is 5.71. The molecule has 0 spiro atoms. The summed E-state index contributed by atoms with van der Waals surface area (Å²) in [5.41, 5.74) is 0.